The minimum atomic E-state index is -0.401. The molecule has 3 aromatic rings. The molecule has 0 aromatic heterocycles. The number of rotatable bonds is 5. The van der Waals surface area contributed by atoms with Crippen molar-refractivity contribution < 1.29 is 13.9 Å². The summed E-state index contributed by atoms with van der Waals surface area (Å²) in [5.41, 5.74) is 8.63. The summed E-state index contributed by atoms with van der Waals surface area (Å²) in [6.07, 6.45) is 0. The number of anilines is 1. The van der Waals surface area contributed by atoms with Gasteiger partial charge < -0.3 is 15.8 Å². The summed E-state index contributed by atoms with van der Waals surface area (Å²) in [6.45, 7) is 0. The summed E-state index contributed by atoms with van der Waals surface area (Å²) in [6, 6.07) is 19.8. The predicted octanol–water partition coefficient (Wildman–Crippen LogP) is 3.94. The highest BCUT2D eigenvalue weighted by Gasteiger charge is 2.18. The van der Waals surface area contributed by atoms with E-state index >= 15 is 0 Å². The smallest absolute Gasteiger partial charge is 0.252 e. The van der Waals surface area contributed by atoms with Crippen LogP contribution in [0.2, 0.25) is 0 Å². The maximum absolute atomic E-state index is 13.1. The van der Waals surface area contributed by atoms with Crippen molar-refractivity contribution in [2.24, 2.45) is 0 Å². The van der Waals surface area contributed by atoms with Crippen molar-refractivity contribution in [3.63, 3.8) is 0 Å². The standard InChI is InChI=1S/C21H19FN2O2/c1-26-19-11-7-14(8-12-19)20(16-3-2-4-18(23)13-16)24-21(25)15-5-9-17(22)10-6-15/h2-13,20H,23H2,1H3,(H,24,25). The Labute approximate surface area is 151 Å². The van der Waals surface area contributed by atoms with Crippen LogP contribution in [0.3, 0.4) is 0 Å². The molecule has 0 radical (unpaired) electrons. The molecular weight excluding hydrogens is 331 g/mol. The molecule has 0 saturated carbocycles. The van der Waals surface area contributed by atoms with Gasteiger partial charge in [-0.15, -0.1) is 0 Å². The molecule has 132 valence electrons. The van der Waals surface area contributed by atoms with Gasteiger partial charge in [-0.05, 0) is 59.7 Å². The lowest BCUT2D eigenvalue weighted by Crippen LogP contribution is -2.29. The lowest BCUT2D eigenvalue weighted by Gasteiger charge is -2.20. The summed E-state index contributed by atoms with van der Waals surface area (Å²) in [5, 5.41) is 2.99. The highest BCUT2D eigenvalue weighted by atomic mass is 19.1. The lowest BCUT2D eigenvalue weighted by atomic mass is 9.97. The minimum absolute atomic E-state index is 0.298. The fourth-order valence-corrected chi connectivity index (χ4v) is 2.71. The molecule has 26 heavy (non-hydrogen) atoms. The van der Waals surface area contributed by atoms with Crippen molar-refractivity contribution in [1.82, 2.24) is 5.32 Å². The van der Waals surface area contributed by atoms with Gasteiger partial charge in [0.05, 0.1) is 13.2 Å². The van der Waals surface area contributed by atoms with E-state index in [1.54, 1.807) is 13.2 Å². The van der Waals surface area contributed by atoms with E-state index in [1.807, 2.05) is 42.5 Å². The van der Waals surface area contributed by atoms with Crippen molar-refractivity contribution >= 4 is 11.6 Å². The molecule has 4 nitrogen and oxygen atoms in total. The SMILES string of the molecule is COc1ccc(C(NC(=O)c2ccc(F)cc2)c2cccc(N)c2)cc1. The van der Waals surface area contributed by atoms with E-state index in [1.165, 1.54) is 24.3 Å². The van der Waals surface area contributed by atoms with Crippen molar-refractivity contribution in [2.75, 3.05) is 12.8 Å². The van der Waals surface area contributed by atoms with Gasteiger partial charge in [-0.2, -0.15) is 0 Å². The van der Waals surface area contributed by atoms with Crippen LogP contribution in [0.25, 0.3) is 0 Å². The molecular formula is C21H19FN2O2. The Bertz CT molecular complexity index is 893. The fourth-order valence-electron chi connectivity index (χ4n) is 2.71. The molecule has 1 amide bonds. The number of hydrogen-bond acceptors (Lipinski definition) is 3. The number of ether oxygens (including phenoxy) is 1. The van der Waals surface area contributed by atoms with Crippen LogP contribution in [0, 0.1) is 5.82 Å². The maximum atomic E-state index is 13.1. The van der Waals surface area contributed by atoms with Gasteiger partial charge in [0.15, 0.2) is 0 Å². The molecule has 0 aliphatic carbocycles. The second-order valence-electron chi connectivity index (χ2n) is 5.86. The van der Waals surface area contributed by atoms with Gasteiger partial charge in [-0.3, -0.25) is 4.79 Å². The fraction of sp³-hybridized carbons (Fsp3) is 0.0952. The normalized spacial score (nSPS) is 11.6. The third kappa shape index (κ3) is 4.00. The number of hydrogen-bond donors (Lipinski definition) is 2. The molecule has 0 spiro atoms. The highest BCUT2D eigenvalue weighted by molar-refractivity contribution is 5.94. The van der Waals surface area contributed by atoms with Crippen molar-refractivity contribution in [3.8, 4) is 5.75 Å². The van der Waals surface area contributed by atoms with Crippen LogP contribution in [0.5, 0.6) is 5.75 Å². The predicted molar refractivity (Wildman–Crippen MR) is 99.6 cm³/mol. The van der Waals surface area contributed by atoms with Crippen LogP contribution in [0.4, 0.5) is 10.1 Å². The molecule has 0 heterocycles. The Balaban J connectivity index is 1.94. The summed E-state index contributed by atoms with van der Waals surface area (Å²) >= 11 is 0. The second-order valence-corrected chi connectivity index (χ2v) is 5.86. The van der Waals surface area contributed by atoms with Gasteiger partial charge >= 0.3 is 0 Å². The van der Waals surface area contributed by atoms with E-state index < -0.39 is 6.04 Å². The zero-order valence-electron chi connectivity index (χ0n) is 14.3. The number of halogens is 1. The van der Waals surface area contributed by atoms with Crippen molar-refractivity contribution in [2.45, 2.75) is 6.04 Å². The topological polar surface area (TPSA) is 64.3 Å². The Hall–Kier alpha value is -3.34. The van der Waals surface area contributed by atoms with E-state index in [0.717, 1.165) is 16.9 Å². The van der Waals surface area contributed by atoms with E-state index in [2.05, 4.69) is 5.32 Å². The minimum Gasteiger partial charge on any atom is -0.497 e. The van der Waals surface area contributed by atoms with Gasteiger partial charge in [-0.25, -0.2) is 4.39 Å². The van der Waals surface area contributed by atoms with Crippen LogP contribution < -0.4 is 15.8 Å². The van der Waals surface area contributed by atoms with E-state index in [0.29, 0.717) is 11.3 Å². The van der Waals surface area contributed by atoms with E-state index in [9.17, 15) is 9.18 Å². The largest absolute Gasteiger partial charge is 0.497 e. The number of benzene rings is 3. The molecule has 0 fully saturated rings. The van der Waals surface area contributed by atoms with E-state index in [-0.39, 0.29) is 11.7 Å². The number of nitrogens with one attached hydrogen (secondary N) is 1. The first-order chi connectivity index (χ1) is 12.6. The molecule has 3 N–H and O–H groups in total. The number of nitrogen functional groups attached to an aromatic ring is 1. The third-order valence-electron chi connectivity index (χ3n) is 4.07. The number of carbonyl (C=O) groups is 1. The summed E-state index contributed by atoms with van der Waals surface area (Å²) < 4.78 is 18.3. The zero-order chi connectivity index (χ0) is 18.5. The molecule has 0 aliphatic heterocycles. The first kappa shape index (κ1) is 17.5. The number of nitrogens with two attached hydrogens (primary N) is 1. The first-order valence-electron chi connectivity index (χ1n) is 8.12. The first-order valence-corrected chi connectivity index (χ1v) is 8.12. The molecule has 0 saturated heterocycles. The van der Waals surface area contributed by atoms with Crippen molar-refractivity contribution in [3.05, 3.63) is 95.3 Å². The van der Waals surface area contributed by atoms with Gasteiger partial charge in [0.1, 0.15) is 11.6 Å². The van der Waals surface area contributed by atoms with Crippen LogP contribution in [0.1, 0.15) is 27.5 Å². The molecule has 3 aromatic carbocycles. The van der Waals surface area contributed by atoms with Gasteiger partial charge in [0, 0.05) is 11.3 Å². The molecule has 5 heteroatoms. The Morgan fingerprint density at radius 2 is 1.69 bits per heavy atom. The third-order valence-corrected chi connectivity index (χ3v) is 4.07. The number of carbonyl (C=O) groups excluding carboxylic acids is 1. The summed E-state index contributed by atoms with van der Waals surface area (Å²) in [5.74, 6) is 0.0438. The average molecular weight is 350 g/mol. The molecule has 1 atom stereocenters. The quantitative estimate of drug-likeness (QED) is 0.685. The average Bonchev–Trinajstić information content (AvgIpc) is 2.66. The highest BCUT2D eigenvalue weighted by Crippen LogP contribution is 2.26. The summed E-state index contributed by atoms with van der Waals surface area (Å²) in [4.78, 5) is 12.6. The second kappa shape index (κ2) is 7.70. The van der Waals surface area contributed by atoms with Crippen LogP contribution >= 0.6 is 0 Å². The van der Waals surface area contributed by atoms with Gasteiger partial charge in [0.2, 0.25) is 0 Å². The lowest BCUT2D eigenvalue weighted by molar-refractivity contribution is 0.0943. The van der Waals surface area contributed by atoms with Gasteiger partial charge in [-0.1, -0.05) is 24.3 Å². The van der Waals surface area contributed by atoms with E-state index in [4.69, 9.17) is 10.5 Å². The van der Waals surface area contributed by atoms with Gasteiger partial charge in [0.25, 0.3) is 5.91 Å². The Kier molecular flexibility index (Phi) is 5.17. The van der Waals surface area contributed by atoms with Crippen LogP contribution in [-0.4, -0.2) is 13.0 Å². The summed E-state index contributed by atoms with van der Waals surface area (Å²) in [7, 11) is 1.60. The molecule has 1 unspecified atom stereocenters. The monoisotopic (exact) mass is 350 g/mol. The zero-order valence-corrected chi connectivity index (χ0v) is 14.3. The number of amides is 1. The van der Waals surface area contributed by atoms with Crippen molar-refractivity contribution in [1.29, 1.82) is 0 Å². The molecule has 3 rings (SSSR count). The molecule has 0 aliphatic rings. The van der Waals surface area contributed by atoms with Crippen LogP contribution in [-0.2, 0) is 0 Å². The van der Waals surface area contributed by atoms with Crippen LogP contribution in [0.15, 0.2) is 72.8 Å². The Morgan fingerprint density at radius 3 is 2.31 bits per heavy atom. The number of methoxy groups -OCH3 is 1. The molecule has 0 bridgehead atoms. The maximum Gasteiger partial charge on any atom is 0.252 e. The Morgan fingerprint density at radius 1 is 1.00 bits per heavy atom.